The van der Waals surface area contributed by atoms with Crippen molar-refractivity contribution in [2.45, 2.75) is 13.0 Å². The van der Waals surface area contributed by atoms with Crippen LogP contribution in [-0.2, 0) is 22.5 Å². The highest BCUT2D eigenvalue weighted by Crippen LogP contribution is 2.12. The molecule has 1 amide bonds. The lowest BCUT2D eigenvalue weighted by molar-refractivity contribution is -0.123. The smallest absolute Gasteiger partial charge is 0.337 e. The minimum Gasteiger partial charge on any atom is -0.484 e. The van der Waals surface area contributed by atoms with E-state index in [1.54, 1.807) is 48.5 Å². The van der Waals surface area contributed by atoms with Gasteiger partial charge in [-0.05, 0) is 35.4 Å². The van der Waals surface area contributed by atoms with Gasteiger partial charge in [-0.15, -0.1) is 0 Å². The van der Waals surface area contributed by atoms with E-state index in [1.165, 1.54) is 7.11 Å². The number of carbonyl (C=O) groups excluding carboxylic acids is 2. The number of nitrogens with zero attached hydrogens (tertiary/aromatic N) is 1. The topological polar surface area (TPSA) is 88.4 Å². The Morgan fingerprint density at radius 1 is 1.04 bits per heavy atom. The Hall–Kier alpha value is -3.33. The Balaban J connectivity index is 1.77. The first-order valence-corrected chi connectivity index (χ1v) is 7.65. The highest BCUT2D eigenvalue weighted by molar-refractivity contribution is 5.89. The molecule has 0 saturated heterocycles. The van der Waals surface area contributed by atoms with Gasteiger partial charge in [-0.3, -0.25) is 4.79 Å². The number of hydrogen-bond acceptors (Lipinski definition) is 5. The van der Waals surface area contributed by atoms with Gasteiger partial charge in [0, 0.05) is 6.54 Å². The van der Waals surface area contributed by atoms with Crippen LogP contribution >= 0.6 is 0 Å². The molecule has 0 spiro atoms. The van der Waals surface area contributed by atoms with Gasteiger partial charge in [0.15, 0.2) is 6.61 Å². The molecular weight excluding hydrogens is 320 g/mol. The molecule has 0 atom stereocenters. The zero-order chi connectivity index (χ0) is 18.1. The van der Waals surface area contributed by atoms with Crippen LogP contribution in [0.5, 0.6) is 5.75 Å². The van der Waals surface area contributed by atoms with E-state index < -0.39 is 5.97 Å². The van der Waals surface area contributed by atoms with E-state index in [0.717, 1.165) is 11.1 Å². The maximum absolute atomic E-state index is 11.8. The second-order valence-corrected chi connectivity index (χ2v) is 5.23. The summed E-state index contributed by atoms with van der Waals surface area (Å²) >= 11 is 0. The van der Waals surface area contributed by atoms with Gasteiger partial charge >= 0.3 is 5.97 Å². The van der Waals surface area contributed by atoms with Crippen LogP contribution in [0.25, 0.3) is 0 Å². The zero-order valence-electron chi connectivity index (χ0n) is 13.8. The lowest BCUT2D eigenvalue weighted by atomic mass is 10.1. The first-order chi connectivity index (χ1) is 12.1. The molecule has 0 aliphatic heterocycles. The molecule has 6 heteroatoms. The standard InChI is InChI=1S/C19H18N2O4/c1-24-19(23)16-6-2-15(3-7-16)12-21-18(22)13-25-17-8-4-14(5-9-17)10-11-20/h2-9H,10,12-13H2,1H3,(H,21,22). The first kappa shape index (κ1) is 18.0. The minimum absolute atomic E-state index is 0.0994. The van der Waals surface area contributed by atoms with Crippen molar-refractivity contribution in [3.05, 3.63) is 65.2 Å². The highest BCUT2D eigenvalue weighted by atomic mass is 16.5. The summed E-state index contributed by atoms with van der Waals surface area (Å²) in [4.78, 5) is 23.2. The largest absolute Gasteiger partial charge is 0.484 e. The van der Waals surface area contributed by atoms with E-state index in [0.29, 0.717) is 24.3 Å². The van der Waals surface area contributed by atoms with Crippen molar-refractivity contribution in [2.75, 3.05) is 13.7 Å². The van der Waals surface area contributed by atoms with E-state index in [2.05, 4.69) is 16.1 Å². The summed E-state index contributed by atoms with van der Waals surface area (Å²) in [5, 5.41) is 11.4. The van der Waals surface area contributed by atoms with E-state index in [9.17, 15) is 9.59 Å². The third-order valence-electron chi connectivity index (χ3n) is 3.44. The van der Waals surface area contributed by atoms with Crippen LogP contribution in [-0.4, -0.2) is 25.6 Å². The van der Waals surface area contributed by atoms with Crippen LogP contribution in [0.15, 0.2) is 48.5 Å². The van der Waals surface area contributed by atoms with Crippen molar-refractivity contribution in [3.63, 3.8) is 0 Å². The Morgan fingerprint density at radius 2 is 1.68 bits per heavy atom. The van der Waals surface area contributed by atoms with E-state index in [1.807, 2.05) is 0 Å². The second kappa shape index (κ2) is 9.08. The molecule has 0 unspecified atom stereocenters. The van der Waals surface area contributed by atoms with Crippen molar-refractivity contribution in [3.8, 4) is 11.8 Å². The molecule has 0 heterocycles. The van der Waals surface area contributed by atoms with Crippen molar-refractivity contribution < 1.29 is 19.1 Å². The number of nitrogens with one attached hydrogen (secondary N) is 1. The zero-order valence-corrected chi connectivity index (χ0v) is 13.8. The number of methoxy groups -OCH3 is 1. The molecule has 128 valence electrons. The van der Waals surface area contributed by atoms with Gasteiger partial charge in [0.05, 0.1) is 25.2 Å². The maximum Gasteiger partial charge on any atom is 0.337 e. The summed E-state index contributed by atoms with van der Waals surface area (Å²) in [7, 11) is 1.33. The normalized spacial score (nSPS) is 9.76. The summed E-state index contributed by atoms with van der Waals surface area (Å²) in [6.07, 6.45) is 0.343. The quantitative estimate of drug-likeness (QED) is 0.782. The molecule has 6 nitrogen and oxygen atoms in total. The highest BCUT2D eigenvalue weighted by Gasteiger charge is 2.06. The molecule has 0 fully saturated rings. The number of rotatable bonds is 7. The molecule has 1 N–H and O–H groups in total. The summed E-state index contributed by atoms with van der Waals surface area (Å²) < 4.78 is 10.0. The molecule has 0 aliphatic carbocycles. The van der Waals surface area contributed by atoms with Gasteiger partial charge in [-0.25, -0.2) is 4.79 Å². The van der Waals surface area contributed by atoms with E-state index in [4.69, 9.17) is 10.00 Å². The van der Waals surface area contributed by atoms with Gasteiger partial charge in [0.1, 0.15) is 5.75 Å². The van der Waals surface area contributed by atoms with Gasteiger partial charge in [0.25, 0.3) is 5.91 Å². The third-order valence-corrected chi connectivity index (χ3v) is 3.44. The number of nitriles is 1. The fourth-order valence-electron chi connectivity index (χ4n) is 2.07. The monoisotopic (exact) mass is 338 g/mol. The van der Waals surface area contributed by atoms with E-state index in [-0.39, 0.29) is 12.5 Å². The van der Waals surface area contributed by atoms with E-state index >= 15 is 0 Å². The average Bonchev–Trinajstić information content (AvgIpc) is 2.66. The van der Waals surface area contributed by atoms with Gasteiger partial charge < -0.3 is 14.8 Å². The van der Waals surface area contributed by atoms with Crippen LogP contribution in [0.1, 0.15) is 21.5 Å². The number of amides is 1. The predicted octanol–water partition coefficient (Wildman–Crippen LogP) is 2.23. The lowest BCUT2D eigenvalue weighted by Crippen LogP contribution is -2.28. The number of hydrogen-bond donors (Lipinski definition) is 1. The van der Waals surface area contributed by atoms with Crippen LogP contribution in [0.3, 0.4) is 0 Å². The molecule has 25 heavy (non-hydrogen) atoms. The third kappa shape index (κ3) is 5.66. The summed E-state index contributed by atoms with van der Waals surface area (Å²) in [6, 6.07) is 15.9. The SMILES string of the molecule is COC(=O)c1ccc(CNC(=O)COc2ccc(CC#N)cc2)cc1. The van der Waals surface area contributed by atoms with Gasteiger partial charge in [-0.1, -0.05) is 24.3 Å². The van der Waals surface area contributed by atoms with Gasteiger partial charge in [0.2, 0.25) is 0 Å². The molecule has 0 bridgehead atoms. The number of ether oxygens (including phenoxy) is 2. The number of carbonyl (C=O) groups is 2. The Kier molecular flexibility index (Phi) is 6.55. The fourth-order valence-corrected chi connectivity index (χ4v) is 2.07. The number of benzene rings is 2. The second-order valence-electron chi connectivity index (χ2n) is 5.23. The lowest BCUT2D eigenvalue weighted by Gasteiger charge is -2.08. The first-order valence-electron chi connectivity index (χ1n) is 7.65. The van der Waals surface area contributed by atoms with Gasteiger partial charge in [-0.2, -0.15) is 5.26 Å². The summed E-state index contributed by atoms with van der Waals surface area (Å²) in [5.41, 5.74) is 2.22. The van der Waals surface area contributed by atoms with Crippen molar-refractivity contribution in [1.82, 2.24) is 5.32 Å². The molecule has 2 aromatic rings. The minimum atomic E-state index is -0.398. The summed E-state index contributed by atoms with van der Waals surface area (Å²) in [6.45, 7) is 0.239. The number of esters is 1. The molecule has 0 aliphatic rings. The Morgan fingerprint density at radius 3 is 2.28 bits per heavy atom. The Bertz CT molecular complexity index is 762. The van der Waals surface area contributed by atoms with Crippen LogP contribution in [0.4, 0.5) is 0 Å². The van der Waals surface area contributed by atoms with Crippen LogP contribution in [0, 0.1) is 11.3 Å². The molecule has 0 aromatic heterocycles. The maximum atomic E-state index is 11.8. The van der Waals surface area contributed by atoms with Crippen LogP contribution in [0.2, 0.25) is 0 Å². The summed E-state index contributed by atoms with van der Waals surface area (Å²) in [5.74, 6) is -0.0813. The van der Waals surface area contributed by atoms with Crippen LogP contribution < -0.4 is 10.1 Å². The molecule has 0 saturated carbocycles. The van der Waals surface area contributed by atoms with Crippen molar-refractivity contribution in [2.24, 2.45) is 0 Å². The predicted molar refractivity (Wildman–Crippen MR) is 90.9 cm³/mol. The molecular formula is C19H18N2O4. The van der Waals surface area contributed by atoms with Crippen molar-refractivity contribution in [1.29, 1.82) is 5.26 Å². The fraction of sp³-hybridized carbons (Fsp3) is 0.211. The average molecular weight is 338 g/mol. The molecule has 2 aromatic carbocycles. The Labute approximate surface area is 146 Å². The molecule has 0 radical (unpaired) electrons. The molecule has 2 rings (SSSR count). The van der Waals surface area contributed by atoms with Crippen molar-refractivity contribution >= 4 is 11.9 Å².